The van der Waals surface area contributed by atoms with Crippen molar-refractivity contribution < 1.29 is 1.41 Å². The maximum atomic E-state index is 6.93. The molecule has 0 fully saturated rings. The number of halogens is 1. The van der Waals surface area contributed by atoms with Gasteiger partial charge in [-0.25, -0.2) is 5.92 Å². The first-order chi connectivity index (χ1) is 9.77. The SMILES string of the molecule is [3H]N(I)C#CC#CC#CC#CC#CC#CC#CC#C[CH2-]. The van der Waals surface area contributed by atoms with Crippen LogP contribution in [0.3, 0.4) is 0 Å². The van der Waals surface area contributed by atoms with E-state index >= 15 is 0 Å². The van der Waals surface area contributed by atoms with Gasteiger partial charge in [-0.15, -0.1) is 5.92 Å². The first kappa shape index (κ1) is 13.9. The van der Waals surface area contributed by atoms with E-state index in [1.807, 2.05) is 0 Å². The van der Waals surface area contributed by atoms with Gasteiger partial charge in [0.2, 0.25) is 0 Å². The van der Waals surface area contributed by atoms with Gasteiger partial charge >= 0.3 is 0 Å². The van der Waals surface area contributed by atoms with Crippen LogP contribution in [-0.4, -0.2) is 0 Å². The van der Waals surface area contributed by atoms with Crippen LogP contribution in [-0.2, 0) is 0 Å². The molecule has 0 spiro atoms. The smallest absolute Gasteiger partial charge is 0.183 e. The van der Waals surface area contributed by atoms with Crippen molar-refractivity contribution in [3.63, 3.8) is 0 Å². The monoisotopic (exact) mass is 350 g/mol. The summed E-state index contributed by atoms with van der Waals surface area (Å²) in [5, 5.41) is 0. The van der Waals surface area contributed by atoms with Crippen molar-refractivity contribution in [2.75, 3.05) is 0 Å². The molecule has 0 aliphatic heterocycles. The van der Waals surface area contributed by atoms with Crippen molar-refractivity contribution in [2.24, 2.45) is 0 Å². The average molecular weight is 350 g/mol. The maximum Gasteiger partial charge on any atom is 0.183 e. The van der Waals surface area contributed by atoms with Gasteiger partial charge in [0.05, 0.1) is 22.9 Å². The van der Waals surface area contributed by atoms with E-state index < -0.39 is 0 Å². The molecule has 0 aromatic heterocycles. The Morgan fingerprint density at radius 2 is 0.947 bits per heavy atom. The molecule has 1 nitrogen and oxygen atoms in total. The predicted octanol–water partition coefficient (Wildman–Crippen LogP) is 0.745. The van der Waals surface area contributed by atoms with Gasteiger partial charge in [0.25, 0.3) is 0 Å². The second-order valence-corrected chi connectivity index (χ2v) is 2.61. The summed E-state index contributed by atoms with van der Waals surface area (Å²) in [5.74, 6) is 36.9. The lowest BCUT2D eigenvalue weighted by Crippen LogP contribution is -1.77. The van der Waals surface area contributed by atoms with Gasteiger partial charge < -0.3 is 0 Å². The fourth-order valence-corrected chi connectivity index (χ4v) is 0.589. The highest BCUT2D eigenvalue weighted by Gasteiger charge is 1.57. The Bertz CT molecular complexity index is 835. The minimum absolute atomic E-state index is 0.923. The third kappa shape index (κ3) is 14.9. The van der Waals surface area contributed by atoms with Gasteiger partial charge in [0, 0.05) is 41.6 Å². The summed E-state index contributed by atoms with van der Waals surface area (Å²) in [6, 6.07) is 2.39. The van der Waals surface area contributed by atoms with Crippen molar-refractivity contribution in [3.05, 3.63) is 6.92 Å². The lowest BCUT2D eigenvalue weighted by Gasteiger charge is -1.65. The molecule has 0 unspecified atom stereocenters. The molecule has 0 aromatic rings. The third-order valence-corrected chi connectivity index (χ3v) is 1.24. The summed E-state index contributed by atoms with van der Waals surface area (Å²) in [6.45, 7) is 3.29. The van der Waals surface area contributed by atoms with Crippen LogP contribution >= 0.6 is 22.9 Å². The summed E-state index contributed by atoms with van der Waals surface area (Å²) in [7, 11) is 0. The Balaban J connectivity index is 4.31. The molecule has 0 radical (unpaired) electrons. The molecule has 19 heavy (non-hydrogen) atoms. The Labute approximate surface area is 129 Å². The van der Waals surface area contributed by atoms with Crippen LogP contribution in [0.25, 0.3) is 0 Å². The van der Waals surface area contributed by atoms with Gasteiger partial charge in [0.1, 0.15) is 0 Å². The number of hydrogen-bond acceptors (Lipinski definition) is 1. The predicted molar refractivity (Wildman–Crippen MR) is 84.7 cm³/mol. The average Bonchev–Trinajstić information content (AvgIpc) is 2.43. The molecule has 2 heteroatoms. The number of hydrogen-bond donors (Lipinski definition) is 1. The van der Waals surface area contributed by atoms with Gasteiger partial charge in [-0.05, 0) is 35.5 Å². The lowest BCUT2D eigenvalue weighted by atomic mass is 10.5. The van der Waals surface area contributed by atoms with E-state index in [0.29, 0.717) is 0 Å². The standard InChI is InChI=1S/C17H3IN/c1-2-3-4-5-6-7-8-9-10-11-12-13-14-15-16-17-19-18/h19H,1H2/q-1/i/hT. The van der Waals surface area contributed by atoms with Crippen LogP contribution in [0.15, 0.2) is 0 Å². The zero-order valence-electron chi connectivity index (χ0n) is 10.5. The van der Waals surface area contributed by atoms with Gasteiger partial charge in [-0.3, -0.25) is 9.44 Å². The van der Waals surface area contributed by atoms with Crippen LogP contribution < -0.4 is 3.52 Å². The largest absolute Gasteiger partial charge is 0.287 e. The van der Waals surface area contributed by atoms with Gasteiger partial charge in [-0.2, -0.15) is 6.92 Å². The zero-order chi connectivity index (χ0) is 14.9. The normalized spacial score (nSPS) is 4.79. The van der Waals surface area contributed by atoms with Gasteiger partial charge in [0.15, 0.2) is 1.41 Å². The van der Waals surface area contributed by atoms with Crippen LogP contribution in [0.1, 0.15) is 0 Å². The Morgan fingerprint density at radius 1 is 0.632 bits per heavy atom. The van der Waals surface area contributed by atoms with Crippen molar-refractivity contribution in [1.29, 1.82) is 0 Å². The van der Waals surface area contributed by atoms with Gasteiger partial charge in [-0.1, -0.05) is 0 Å². The second-order valence-electron chi connectivity index (χ2n) is 2.12. The molecule has 0 aliphatic carbocycles. The summed E-state index contributed by atoms with van der Waals surface area (Å²) < 4.78 is 7.85. The summed E-state index contributed by atoms with van der Waals surface area (Å²) in [4.78, 5) is 0. The molecule has 0 rings (SSSR count). The summed E-state index contributed by atoms with van der Waals surface area (Å²) in [6.07, 6.45) is 0. The first-order valence-corrected chi connectivity index (χ1v) is 5.46. The molecule has 0 aromatic carbocycles. The number of nitrogens with one attached hydrogen (secondary N) is 1. The van der Waals surface area contributed by atoms with E-state index in [0.717, 1.165) is 3.52 Å². The summed E-state index contributed by atoms with van der Waals surface area (Å²) in [5.41, 5.74) is 0. The molecule has 0 saturated carbocycles. The topological polar surface area (TPSA) is 12.0 Å². The van der Waals surface area contributed by atoms with Crippen molar-refractivity contribution in [3.8, 4) is 94.9 Å². The molecule has 0 atom stereocenters. The molecule has 1 N–H and O–H groups in total. The van der Waals surface area contributed by atoms with E-state index in [1.54, 1.807) is 22.9 Å². The van der Waals surface area contributed by atoms with Crippen LogP contribution in [0.5, 0.6) is 0 Å². The fourth-order valence-electron chi connectivity index (χ4n) is 0.468. The van der Waals surface area contributed by atoms with E-state index in [9.17, 15) is 0 Å². The molecule has 0 bridgehead atoms. The third-order valence-electron chi connectivity index (χ3n) is 0.999. The highest BCUT2D eigenvalue weighted by atomic mass is 127. The molecule has 0 heterocycles. The van der Waals surface area contributed by atoms with Crippen LogP contribution in [0.2, 0.25) is 1.41 Å². The Kier molecular flexibility index (Phi) is 10.9. The minimum Gasteiger partial charge on any atom is -0.287 e. The molecule has 0 amide bonds. The maximum absolute atomic E-state index is 6.93. The highest BCUT2D eigenvalue weighted by Crippen LogP contribution is 1.60. The van der Waals surface area contributed by atoms with E-state index in [1.165, 1.54) is 0 Å². The molecular weight excluding hydrogens is 345 g/mol. The molecule has 84 valence electrons. The quantitative estimate of drug-likeness (QED) is 0.224. The Hall–Kier alpha value is -3.12. The van der Waals surface area contributed by atoms with E-state index in [2.05, 4.69) is 102 Å². The number of rotatable bonds is 0. The van der Waals surface area contributed by atoms with Crippen LogP contribution in [0.4, 0.5) is 0 Å². The minimum atomic E-state index is 0.923. The lowest BCUT2D eigenvalue weighted by molar-refractivity contribution is 1.61. The highest BCUT2D eigenvalue weighted by molar-refractivity contribution is 14.1. The van der Waals surface area contributed by atoms with Crippen LogP contribution in [0, 0.1) is 102 Å². The first-order valence-electron chi connectivity index (χ1n) is 4.94. The zero-order valence-corrected chi connectivity index (χ0v) is 11.7. The fraction of sp³-hybridized carbons (Fsp3) is 0. The Morgan fingerprint density at radius 3 is 1.26 bits per heavy atom. The molecular formula is C17H3IN-. The van der Waals surface area contributed by atoms with Crippen molar-refractivity contribution in [2.45, 2.75) is 0 Å². The molecule has 0 saturated heterocycles. The molecule has 0 aliphatic rings. The van der Waals surface area contributed by atoms with Crippen molar-refractivity contribution >= 4 is 22.9 Å². The summed E-state index contributed by atoms with van der Waals surface area (Å²) >= 11 is 1.70. The van der Waals surface area contributed by atoms with E-state index in [4.69, 9.17) is 1.41 Å². The van der Waals surface area contributed by atoms with E-state index in [-0.39, 0.29) is 0 Å². The van der Waals surface area contributed by atoms with Crippen molar-refractivity contribution in [1.82, 2.24) is 3.52 Å². The second kappa shape index (κ2) is 14.9.